The van der Waals surface area contributed by atoms with Crippen LogP contribution < -0.4 is 5.32 Å². The quantitative estimate of drug-likeness (QED) is 0.522. The summed E-state index contributed by atoms with van der Waals surface area (Å²) in [5, 5.41) is 11.6. The predicted molar refractivity (Wildman–Crippen MR) is 130 cm³/mol. The highest BCUT2D eigenvalue weighted by atomic mass is 32.2. The number of thioether (sulfide) groups is 1. The van der Waals surface area contributed by atoms with E-state index in [1.54, 1.807) is 28.2 Å². The van der Waals surface area contributed by atoms with Gasteiger partial charge in [0.1, 0.15) is 0 Å². The molecule has 0 saturated carbocycles. The van der Waals surface area contributed by atoms with Gasteiger partial charge in [0.2, 0.25) is 10.0 Å². The van der Waals surface area contributed by atoms with Gasteiger partial charge < -0.3 is 5.32 Å². The number of pyridine rings is 1. The fourth-order valence-corrected chi connectivity index (χ4v) is 6.35. The molecule has 3 aromatic rings. The van der Waals surface area contributed by atoms with Gasteiger partial charge in [0, 0.05) is 24.3 Å². The number of carbonyl (C=O) groups excluding carboxylic acids is 1. The van der Waals surface area contributed by atoms with E-state index in [-0.39, 0.29) is 22.9 Å². The van der Waals surface area contributed by atoms with Crippen LogP contribution in [0.5, 0.6) is 0 Å². The first-order valence-electron chi connectivity index (χ1n) is 11.1. The smallest absolute Gasteiger partial charge is 0.251 e. The molecule has 2 unspecified atom stereocenters. The fraction of sp³-hybridized carbons (Fsp3) is 0.435. The molecule has 33 heavy (non-hydrogen) atoms. The number of amides is 1. The summed E-state index contributed by atoms with van der Waals surface area (Å²) in [6.07, 6.45) is 7.38. The summed E-state index contributed by atoms with van der Waals surface area (Å²) < 4.78 is 29.6. The molecule has 3 heterocycles. The predicted octanol–water partition coefficient (Wildman–Crippen LogP) is 3.52. The lowest BCUT2D eigenvalue weighted by atomic mass is 10.1. The minimum Gasteiger partial charge on any atom is -0.342 e. The monoisotopic (exact) mass is 487 g/mol. The molecule has 10 heteroatoms. The molecule has 1 amide bonds. The number of piperidine rings is 1. The lowest BCUT2D eigenvalue weighted by Gasteiger charge is -2.32. The topological polar surface area (TPSA) is 96.7 Å². The lowest BCUT2D eigenvalue weighted by Crippen LogP contribution is -2.41. The summed E-state index contributed by atoms with van der Waals surface area (Å²) in [5.74, 6) is 1.24. The van der Waals surface area contributed by atoms with E-state index in [9.17, 15) is 13.2 Å². The maximum absolute atomic E-state index is 13.1. The molecule has 2 atom stereocenters. The molecular formula is C23H29N5O3S2. The average molecular weight is 488 g/mol. The van der Waals surface area contributed by atoms with Crippen LogP contribution in [0.2, 0.25) is 0 Å². The molecule has 8 nitrogen and oxygen atoms in total. The number of rotatable bonds is 8. The molecule has 1 N–H and O–H groups in total. The van der Waals surface area contributed by atoms with Crippen molar-refractivity contribution in [3.8, 4) is 0 Å². The first kappa shape index (κ1) is 23.7. The Balaban J connectivity index is 1.53. The molecule has 0 spiro atoms. The Labute approximate surface area is 198 Å². The highest BCUT2D eigenvalue weighted by Crippen LogP contribution is 2.25. The Morgan fingerprint density at radius 1 is 1.18 bits per heavy atom. The molecule has 0 bridgehead atoms. The van der Waals surface area contributed by atoms with E-state index in [0.717, 1.165) is 30.7 Å². The maximum atomic E-state index is 13.1. The molecule has 1 aliphatic rings. The van der Waals surface area contributed by atoms with Crippen molar-refractivity contribution in [3.05, 3.63) is 60.0 Å². The van der Waals surface area contributed by atoms with Crippen LogP contribution in [0.15, 0.2) is 53.6 Å². The number of hydrogen-bond acceptors (Lipinski definition) is 6. The third-order valence-electron chi connectivity index (χ3n) is 6.03. The first-order valence-corrected chi connectivity index (χ1v) is 14.0. The Morgan fingerprint density at radius 2 is 1.97 bits per heavy atom. The Bertz CT molecular complexity index is 1210. The molecule has 4 rings (SSSR count). The molecular weight excluding hydrogens is 458 g/mol. The number of benzene rings is 1. The second kappa shape index (κ2) is 10.2. The van der Waals surface area contributed by atoms with Crippen LogP contribution in [0.25, 0.3) is 5.65 Å². The summed E-state index contributed by atoms with van der Waals surface area (Å²) in [6, 6.07) is 11.5. The van der Waals surface area contributed by atoms with E-state index in [2.05, 4.69) is 15.5 Å². The maximum Gasteiger partial charge on any atom is 0.251 e. The van der Waals surface area contributed by atoms with E-state index in [1.165, 1.54) is 12.1 Å². The van der Waals surface area contributed by atoms with Gasteiger partial charge in [-0.25, -0.2) is 8.42 Å². The van der Waals surface area contributed by atoms with Gasteiger partial charge in [0.15, 0.2) is 11.5 Å². The summed E-state index contributed by atoms with van der Waals surface area (Å²) in [7, 11) is -3.57. The molecule has 1 saturated heterocycles. The molecule has 0 radical (unpaired) electrons. The van der Waals surface area contributed by atoms with E-state index in [4.69, 9.17) is 0 Å². The normalized spacial score (nSPS) is 18.3. The van der Waals surface area contributed by atoms with Crippen molar-refractivity contribution in [1.29, 1.82) is 0 Å². The largest absolute Gasteiger partial charge is 0.342 e. The summed E-state index contributed by atoms with van der Waals surface area (Å²) in [4.78, 5) is 13.2. The highest BCUT2D eigenvalue weighted by molar-refractivity contribution is 7.98. The summed E-state index contributed by atoms with van der Waals surface area (Å²) in [5.41, 5.74) is 1.13. The Kier molecular flexibility index (Phi) is 7.35. The van der Waals surface area contributed by atoms with Gasteiger partial charge in [-0.15, -0.1) is 10.2 Å². The van der Waals surface area contributed by atoms with Gasteiger partial charge in [-0.05, 0) is 74.6 Å². The number of sulfonamides is 1. The number of hydrogen-bond donors (Lipinski definition) is 1. The van der Waals surface area contributed by atoms with Gasteiger partial charge in [-0.2, -0.15) is 16.1 Å². The minimum atomic E-state index is -3.57. The van der Waals surface area contributed by atoms with Crippen molar-refractivity contribution in [2.24, 2.45) is 0 Å². The molecule has 1 aromatic carbocycles. The number of carbonyl (C=O) groups is 1. The van der Waals surface area contributed by atoms with Crippen LogP contribution in [-0.2, 0) is 10.0 Å². The molecule has 176 valence electrons. The van der Waals surface area contributed by atoms with Crippen molar-refractivity contribution in [1.82, 2.24) is 24.2 Å². The van der Waals surface area contributed by atoms with Crippen LogP contribution in [0.1, 0.15) is 54.8 Å². The van der Waals surface area contributed by atoms with Gasteiger partial charge in [0.25, 0.3) is 5.91 Å². The summed E-state index contributed by atoms with van der Waals surface area (Å²) >= 11 is 1.69. The van der Waals surface area contributed by atoms with E-state index < -0.39 is 10.0 Å². The zero-order chi connectivity index (χ0) is 23.4. The first-order chi connectivity index (χ1) is 15.9. The number of nitrogens with one attached hydrogen (secondary N) is 1. The average Bonchev–Trinajstić information content (AvgIpc) is 3.26. The van der Waals surface area contributed by atoms with Crippen LogP contribution in [-0.4, -0.2) is 57.8 Å². The third kappa shape index (κ3) is 5.07. The molecule has 2 aromatic heterocycles. The zero-order valence-electron chi connectivity index (χ0n) is 18.8. The fourth-order valence-electron chi connectivity index (χ4n) is 4.18. The lowest BCUT2D eigenvalue weighted by molar-refractivity contribution is 0.0933. The second-order valence-corrected chi connectivity index (χ2v) is 11.2. The minimum absolute atomic E-state index is 0.0121. The summed E-state index contributed by atoms with van der Waals surface area (Å²) in [6.45, 7) is 2.48. The van der Waals surface area contributed by atoms with Gasteiger partial charge >= 0.3 is 0 Å². The second-order valence-electron chi connectivity index (χ2n) is 8.28. The standard InChI is InChI=1S/C23H29N5O3S2/c1-17-7-3-6-15-28(17)33(30,31)19-11-9-18(10-12-19)23(29)24-20(13-16-32-2)22-26-25-21-8-4-5-14-27(21)22/h4-5,8-12,14,17,20H,3,6-7,13,15-16H2,1-2H3,(H,24,29). The van der Waals surface area contributed by atoms with Crippen LogP contribution >= 0.6 is 11.8 Å². The zero-order valence-corrected chi connectivity index (χ0v) is 20.5. The number of fused-ring (bicyclic) bond motifs is 1. The van der Waals surface area contributed by atoms with Crippen molar-refractivity contribution in [3.63, 3.8) is 0 Å². The number of nitrogens with zero attached hydrogens (tertiary/aromatic N) is 4. The van der Waals surface area contributed by atoms with Crippen molar-refractivity contribution < 1.29 is 13.2 Å². The van der Waals surface area contributed by atoms with Crippen LogP contribution in [0.3, 0.4) is 0 Å². The van der Waals surface area contributed by atoms with Crippen molar-refractivity contribution in [2.75, 3.05) is 18.6 Å². The van der Waals surface area contributed by atoms with Crippen LogP contribution in [0, 0.1) is 0 Å². The van der Waals surface area contributed by atoms with E-state index in [0.29, 0.717) is 24.4 Å². The molecule has 0 aliphatic carbocycles. The number of aromatic nitrogens is 3. The molecule has 1 aliphatic heterocycles. The van der Waals surface area contributed by atoms with Crippen LogP contribution in [0.4, 0.5) is 0 Å². The van der Waals surface area contributed by atoms with Crippen molar-refractivity contribution >= 4 is 33.3 Å². The van der Waals surface area contributed by atoms with Crippen molar-refractivity contribution in [2.45, 2.75) is 49.6 Å². The Morgan fingerprint density at radius 3 is 2.70 bits per heavy atom. The van der Waals surface area contributed by atoms with Gasteiger partial charge in [-0.1, -0.05) is 12.5 Å². The van der Waals surface area contributed by atoms with Gasteiger partial charge in [-0.3, -0.25) is 9.20 Å². The van der Waals surface area contributed by atoms with E-state index >= 15 is 0 Å². The van der Waals surface area contributed by atoms with Gasteiger partial charge in [0.05, 0.1) is 10.9 Å². The van der Waals surface area contributed by atoms with E-state index in [1.807, 2.05) is 42.0 Å². The third-order valence-corrected chi connectivity index (χ3v) is 8.70. The SMILES string of the molecule is CSCCC(NC(=O)c1ccc(S(=O)(=O)N2CCCCC2C)cc1)c1nnc2ccccn12. The Hall–Kier alpha value is -2.43. The molecule has 1 fully saturated rings. The highest BCUT2D eigenvalue weighted by Gasteiger charge is 2.31.